The monoisotopic (exact) mass is 1090 g/mol. The molecule has 0 radical (unpaired) electrons. The zero-order valence-electron chi connectivity index (χ0n) is 45.6. The van der Waals surface area contributed by atoms with Gasteiger partial charge in [0.25, 0.3) is 0 Å². The summed E-state index contributed by atoms with van der Waals surface area (Å²) in [7, 11) is 0. The standard InChI is InChI=1S/C58H81N3O17/c1-25-13-31-7-9-35-26(2)14-33(64-35)11-12-56-22-43-52(77-56)53-54(70-43)55(78-56)51-36(68-53)10-8-32(66-51)15-46(63)72-50-30(6)49-40(67-39(50)17-37(65-31)29(25)5)18-38-42(69-49)21-58(73-38)23-44-48(76-58)28(4)20-57(75-44)19-27(3)47-41(74-57)16-34(62)45(71-47)24-60-61-59/h25,27-28,30-45,47-55,62H,2,5,7-24H2,1,3-4,6H3/t25-,27+,28+,30+,31+,32-,33+,34-,35+,36+,37-,38-,39+,40+,41+,42-,43-,44+,45-,47+,48+,49+,50-,51+,52+,53+,54-,55+,56+,57-,58+/m1/s1. The van der Waals surface area contributed by atoms with Gasteiger partial charge in [-0.05, 0) is 79.4 Å². The number of aliphatic hydroxyl groups excluding tert-OH is 1. The second kappa shape index (κ2) is 19.6. The van der Waals surface area contributed by atoms with Gasteiger partial charge in [0, 0.05) is 68.6 Å². The van der Waals surface area contributed by atoms with Crippen LogP contribution in [0.3, 0.4) is 0 Å². The highest BCUT2D eigenvalue weighted by Gasteiger charge is 2.70. The van der Waals surface area contributed by atoms with Crippen molar-refractivity contribution in [3.05, 3.63) is 34.7 Å². The SMILES string of the molecule is C=C1C[C@@H]2CC[C@@]34C[C@H]5O[C@H]6[C@@H](O3)[C@H]3O[C@H](CC[C@@H]3O[C@H]6[C@H]5O4)CC(=O)O[C@@H]3[C@@H](C)[C@@H]4O[C@@H]5C[C@]6(C[C@@H]7O[C@]8(C[C@H](C)[C@@H]9O[C@H](CN=[N+]=[N-])[C@H](O)C[C@@H]9O8)C[C@H](C)[C@@H]7O6)O[C@@H]5C[C@@H]4O[C@H]3C[C@H]3O[C@@H](CC[C@@H]1O2)C[C@@H](C)C3=C. The second-order valence-corrected chi connectivity index (χ2v) is 26.9. The van der Waals surface area contributed by atoms with Gasteiger partial charge in [-0.1, -0.05) is 46.0 Å². The molecule has 20 nitrogen and oxygen atoms in total. The minimum absolute atomic E-state index is 0.0155. The van der Waals surface area contributed by atoms with Crippen LogP contribution in [0.5, 0.6) is 0 Å². The maximum Gasteiger partial charge on any atom is 0.308 e. The second-order valence-electron chi connectivity index (χ2n) is 26.9. The van der Waals surface area contributed by atoms with Crippen molar-refractivity contribution in [2.45, 2.75) is 301 Å². The lowest BCUT2D eigenvalue weighted by molar-refractivity contribution is -0.370. The van der Waals surface area contributed by atoms with Gasteiger partial charge in [0.2, 0.25) is 0 Å². The number of ether oxygens (including phenoxy) is 15. The molecular weight excluding hydrogens is 1010 g/mol. The number of esters is 1. The fraction of sp³-hybridized carbons (Fsp3) is 0.914. The molecule has 0 saturated carbocycles. The summed E-state index contributed by atoms with van der Waals surface area (Å²) in [5, 5.41) is 14.7. The van der Waals surface area contributed by atoms with E-state index < -0.39 is 60.1 Å². The molecule has 16 rings (SSSR count). The van der Waals surface area contributed by atoms with Crippen molar-refractivity contribution < 1.29 is 81.0 Å². The van der Waals surface area contributed by atoms with Gasteiger partial charge in [-0.15, -0.1) is 0 Å². The number of hydrogen-bond acceptors (Lipinski definition) is 18. The molecule has 12 bridgehead atoms. The van der Waals surface area contributed by atoms with Gasteiger partial charge in [-0.3, -0.25) is 4.79 Å². The lowest BCUT2D eigenvalue weighted by Crippen LogP contribution is -2.62. The van der Waals surface area contributed by atoms with E-state index in [1.54, 1.807) is 0 Å². The number of carbonyl (C=O) groups excluding carboxylic acids is 1. The van der Waals surface area contributed by atoms with Crippen LogP contribution in [-0.2, 0) is 75.8 Å². The third-order valence-corrected chi connectivity index (χ3v) is 21.5. The van der Waals surface area contributed by atoms with Gasteiger partial charge >= 0.3 is 5.97 Å². The first-order valence-corrected chi connectivity index (χ1v) is 30.1. The van der Waals surface area contributed by atoms with Gasteiger partial charge in [-0.2, -0.15) is 0 Å². The summed E-state index contributed by atoms with van der Waals surface area (Å²) in [4.78, 5) is 17.4. The molecule has 0 amide bonds. The lowest BCUT2D eigenvalue weighted by atomic mass is 9.78. The summed E-state index contributed by atoms with van der Waals surface area (Å²) in [5.74, 6) is -2.81. The molecule has 16 saturated heterocycles. The lowest BCUT2D eigenvalue weighted by Gasteiger charge is -2.54. The number of nitrogens with zero attached hydrogens (tertiary/aromatic N) is 3. The van der Waals surface area contributed by atoms with Crippen LogP contribution in [0.4, 0.5) is 0 Å². The zero-order valence-corrected chi connectivity index (χ0v) is 45.6. The number of fused-ring (bicyclic) bond motifs is 10. The third kappa shape index (κ3) is 8.93. The minimum atomic E-state index is -0.925. The van der Waals surface area contributed by atoms with Crippen LogP contribution in [0.1, 0.15) is 137 Å². The molecule has 0 aromatic rings. The van der Waals surface area contributed by atoms with E-state index in [4.69, 9.17) is 76.6 Å². The highest BCUT2D eigenvalue weighted by molar-refractivity contribution is 5.70. The van der Waals surface area contributed by atoms with Crippen molar-refractivity contribution in [2.24, 2.45) is 28.8 Å². The predicted octanol–water partition coefficient (Wildman–Crippen LogP) is 6.49. The van der Waals surface area contributed by atoms with E-state index in [1.165, 1.54) is 0 Å². The van der Waals surface area contributed by atoms with Crippen LogP contribution in [0.15, 0.2) is 29.4 Å². The Bertz CT molecular complexity index is 2410. The van der Waals surface area contributed by atoms with Gasteiger partial charge in [0.15, 0.2) is 17.4 Å². The molecule has 31 atom stereocenters. The van der Waals surface area contributed by atoms with Crippen molar-refractivity contribution in [1.29, 1.82) is 0 Å². The number of azide groups is 1. The molecule has 16 aliphatic rings. The van der Waals surface area contributed by atoms with Crippen LogP contribution >= 0.6 is 0 Å². The molecule has 0 aliphatic carbocycles. The first-order chi connectivity index (χ1) is 37.6. The van der Waals surface area contributed by atoms with E-state index in [2.05, 4.69) is 50.9 Å². The Morgan fingerprint density at radius 3 is 2.08 bits per heavy atom. The van der Waals surface area contributed by atoms with Crippen LogP contribution in [-0.4, -0.2) is 181 Å². The molecule has 3 spiro atoms. The Kier molecular flexibility index (Phi) is 13.2. The minimum Gasteiger partial charge on any atom is -0.459 e. The van der Waals surface area contributed by atoms with Gasteiger partial charge in [0.05, 0.1) is 123 Å². The maximum atomic E-state index is 14.6. The van der Waals surface area contributed by atoms with Gasteiger partial charge < -0.3 is 76.2 Å². The Labute approximate surface area is 456 Å². The first kappa shape index (κ1) is 52.5. The number of rotatable bonds is 2. The van der Waals surface area contributed by atoms with Crippen molar-refractivity contribution in [2.75, 3.05) is 6.54 Å². The molecule has 430 valence electrons. The summed E-state index contributed by atoms with van der Waals surface area (Å²) >= 11 is 0. The van der Waals surface area contributed by atoms with E-state index in [0.717, 1.165) is 49.7 Å². The smallest absolute Gasteiger partial charge is 0.308 e. The van der Waals surface area contributed by atoms with Crippen molar-refractivity contribution in [1.82, 2.24) is 0 Å². The Hall–Kier alpha value is -2.34. The van der Waals surface area contributed by atoms with E-state index >= 15 is 0 Å². The fourth-order valence-corrected chi connectivity index (χ4v) is 17.9. The number of carbonyl (C=O) groups is 1. The molecule has 1 N–H and O–H groups in total. The van der Waals surface area contributed by atoms with Crippen LogP contribution < -0.4 is 0 Å². The van der Waals surface area contributed by atoms with Crippen LogP contribution in [0.25, 0.3) is 10.4 Å². The summed E-state index contributed by atoms with van der Waals surface area (Å²) < 4.78 is 103. The summed E-state index contributed by atoms with van der Waals surface area (Å²) in [6, 6.07) is 0. The number of hydrogen-bond donors (Lipinski definition) is 1. The van der Waals surface area contributed by atoms with Crippen molar-refractivity contribution >= 4 is 5.97 Å². The molecule has 20 heteroatoms. The molecule has 0 aromatic carbocycles. The van der Waals surface area contributed by atoms with Gasteiger partial charge in [0.1, 0.15) is 36.6 Å². The molecule has 0 aromatic heterocycles. The van der Waals surface area contributed by atoms with Crippen LogP contribution in [0, 0.1) is 23.7 Å². The normalized spacial score (nSPS) is 57.9. The van der Waals surface area contributed by atoms with Gasteiger partial charge in [-0.25, -0.2) is 0 Å². The summed E-state index contributed by atoms with van der Waals surface area (Å²) in [6.45, 7) is 17.9. The Morgan fingerprint density at radius 1 is 0.538 bits per heavy atom. The molecule has 16 fully saturated rings. The summed E-state index contributed by atoms with van der Waals surface area (Å²) in [6.07, 6.45) is 2.96. The van der Waals surface area contributed by atoms with Crippen molar-refractivity contribution in [3.63, 3.8) is 0 Å². The van der Waals surface area contributed by atoms with E-state index in [-0.39, 0.29) is 146 Å². The molecule has 16 aliphatic heterocycles. The Morgan fingerprint density at radius 2 is 1.22 bits per heavy atom. The van der Waals surface area contributed by atoms with E-state index in [0.29, 0.717) is 64.2 Å². The zero-order chi connectivity index (χ0) is 53.1. The molecule has 78 heavy (non-hydrogen) atoms. The van der Waals surface area contributed by atoms with E-state index in [9.17, 15) is 9.90 Å². The highest BCUT2D eigenvalue weighted by Crippen LogP contribution is 2.58. The third-order valence-electron chi connectivity index (χ3n) is 21.5. The maximum absolute atomic E-state index is 14.6. The first-order valence-electron chi connectivity index (χ1n) is 30.1. The molecule has 0 unspecified atom stereocenters. The number of aliphatic hydroxyl groups is 1. The van der Waals surface area contributed by atoms with Crippen molar-refractivity contribution in [3.8, 4) is 0 Å². The largest absolute Gasteiger partial charge is 0.459 e. The molecule has 16 heterocycles. The average molecular weight is 1090 g/mol. The van der Waals surface area contributed by atoms with E-state index in [1.807, 2.05) is 0 Å². The molecular formula is C58H81N3O17. The Balaban J connectivity index is 0.661. The summed E-state index contributed by atoms with van der Waals surface area (Å²) in [5.41, 5.74) is 11.1. The fourth-order valence-electron chi connectivity index (χ4n) is 17.9. The predicted molar refractivity (Wildman–Crippen MR) is 270 cm³/mol. The topological polar surface area (TPSA) is 225 Å². The average Bonchev–Trinajstić information content (AvgIpc) is 4.18. The van der Waals surface area contributed by atoms with Crippen LogP contribution in [0.2, 0.25) is 0 Å². The quantitative estimate of drug-likeness (QED) is 0.103. The highest BCUT2D eigenvalue weighted by atomic mass is 16.8.